The maximum atomic E-state index is 13.6. The molecule has 194 valence electrons. The highest BCUT2D eigenvalue weighted by molar-refractivity contribution is 7.22. The van der Waals surface area contributed by atoms with E-state index >= 15 is 0 Å². The number of aliphatic hydroxyl groups is 1. The first kappa shape index (κ1) is 25.7. The molecule has 0 spiro atoms. The fourth-order valence-corrected chi connectivity index (χ4v) is 6.07. The van der Waals surface area contributed by atoms with Crippen LogP contribution in [0.3, 0.4) is 0 Å². The van der Waals surface area contributed by atoms with Gasteiger partial charge in [0.15, 0.2) is 5.13 Å². The second-order valence-corrected chi connectivity index (χ2v) is 11.7. The van der Waals surface area contributed by atoms with Crippen LogP contribution >= 0.6 is 11.3 Å². The van der Waals surface area contributed by atoms with Crippen molar-refractivity contribution in [3.8, 4) is 5.75 Å². The number of carbonyl (C=O) groups excluding carboxylic acids is 2. The van der Waals surface area contributed by atoms with Gasteiger partial charge in [-0.05, 0) is 59.7 Å². The molecule has 38 heavy (non-hydrogen) atoms. The number of carbonyl (C=O) groups is 2. The van der Waals surface area contributed by atoms with Gasteiger partial charge in [0.25, 0.3) is 5.78 Å². The summed E-state index contributed by atoms with van der Waals surface area (Å²) in [7, 11) is 1.53. The minimum Gasteiger partial charge on any atom is -0.507 e. The highest BCUT2D eigenvalue weighted by Gasteiger charge is 2.48. The molecule has 1 aliphatic heterocycles. The van der Waals surface area contributed by atoms with Crippen LogP contribution < -0.4 is 9.64 Å². The average Bonchev–Trinajstić information content (AvgIpc) is 3.41. The van der Waals surface area contributed by atoms with Crippen LogP contribution in [0.4, 0.5) is 5.13 Å². The Hall–Kier alpha value is -3.97. The molecule has 1 aromatic heterocycles. The number of aromatic nitrogens is 1. The molecule has 4 aromatic rings. The van der Waals surface area contributed by atoms with Gasteiger partial charge in [-0.1, -0.05) is 74.6 Å². The van der Waals surface area contributed by atoms with Crippen LogP contribution in [0.2, 0.25) is 0 Å². The average molecular weight is 527 g/mol. The zero-order valence-corrected chi connectivity index (χ0v) is 23.1. The number of ketones is 1. The van der Waals surface area contributed by atoms with E-state index in [0.29, 0.717) is 22.0 Å². The molecule has 0 aliphatic carbocycles. The number of Topliss-reactive ketones (excluding diaryl/α,β-unsaturated/α-hetero) is 1. The first-order valence-corrected chi connectivity index (χ1v) is 13.2. The summed E-state index contributed by atoms with van der Waals surface area (Å²) in [5.74, 6) is -1.18. The highest BCUT2D eigenvalue weighted by Crippen LogP contribution is 2.45. The van der Waals surface area contributed by atoms with E-state index in [2.05, 4.69) is 20.8 Å². The molecule has 1 amide bonds. The van der Waals surface area contributed by atoms with E-state index in [1.54, 1.807) is 24.3 Å². The van der Waals surface area contributed by atoms with E-state index in [9.17, 15) is 14.7 Å². The number of thiazole rings is 1. The molecule has 0 radical (unpaired) electrons. The molecule has 0 bridgehead atoms. The largest absolute Gasteiger partial charge is 0.507 e. The number of hydrogen-bond acceptors (Lipinski definition) is 6. The maximum absolute atomic E-state index is 13.6. The Morgan fingerprint density at radius 3 is 2.39 bits per heavy atom. The molecular formula is C31H30N2O4S. The lowest BCUT2D eigenvalue weighted by atomic mass is 9.85. The van der Waals surface area contributed by atoms with Gasteiger partial charge in [-0.2, -0.15) is 0 Å². The van der Waals surface area contributed by atoms with Crippen molar-refractivity contribution < 1.29 is 19.4 Å². The van der Waals surface area contributed by atoms with Gasteiger partial charge in [0.2, 0.25) is 0 Å². The molecule has 0 saturated carbocycles. The minimum atomic E-state index is -0.836. The lowest BCUT2D eigenvalue weighted by Gasteiger charge is -2.24. The molecule has 1 unspecified atom stereocenters. The Labute approximate surface area is 226 Å². The van der Waals surface area contributed by atoms with Crippen molar-refractivity contribution in [1.82, 2.24) is 4.98 Å². The number of aliphatic hydroxyl groups excluding tert-OH is 1. The number of anilines is 1. The SMILES string of the molecule is COc1cccc(C(O)=C2C(=O)C(=O)N(c3nc4c(C)cc(C)cc4s3)C2c2ccc(C(C)(C)C)cc2)c1. The molecular weight excluding hydrogens is 496 g/mol. The van der Waals surface area contributed by atoms with Gasteiger partial charge >= 0.3 is 5.91 Å². The second-order valence-electron chi connectivity index (χ2n) is 10.7. The Bertz CT molecular complexity index is 1610. The fourth-order valence-electron chi connectivity index (χ4n) is 4.90. The van der Waals surface area contributed by atoms with E-state index in [-0.39, 0.29) is 16.7 Å². The minimum absolute atomic E-state index is 0.0268. The molecule has 1 fully saturated rings. The van der Waals surface area contributed by atoms with Gasteiger partial charge in [-0.15, -0.1) is 0 Å². The molecule has 6 nitrogen and oxygen atoms in total. The summed E-state index contributed by atoms with van der Waals surface area (Å²) < 4.78 is 6.25. The summed E-state index contributed by atoms with van der Waals surface area (Å²) in [6.45, 7) is 10.4. The van der Waals surface area contributed by atoms with Crippen LogP contribution in [0.15, 0.2) is 66.2 Å². The summed E-state index contributed by atoms with van der Waals surface area (Å²) in [4.78, 5) is 33.4. The Kier molecular flexibility index (Phi) is 6.35. The number of fused-ring (bicyclic) bond motifs is 1. The number of benzene rings is 3. The van der Waals surface area contributed by atoms with Crippen molar-refractivity contribution in [3.63, 3.8) is 0 Å². The number of ether oxygens (including phenoxy) is 1. The second kappa shape index (κ2) is 9.40. The van der Waals surface area contributed by atoms with Gasteiger partial charge in [0, 0.05) is 5.56 Å². The van der Waals surface area contributed by atoms with E-state index in [0.717, 1.165) is 26.9 Å². The zero-order chi connectivity index (χ0) is 27.4. The monoisotopic (exact) mass is 526 g/mol. The number of amides is 1. The number of rotatable bonds is 4. The van der Waals surface area contributed by atoms with Gasteiger partial charge in [-0.3, -0.25) is 14.5 Å². The van der Waals surface area contributed by atoms with Gasteiger partial charge < -0.3 is 9.84 Å². The highest BCUT2D eigenvalue weighted by atomic mass is 32.1. The first-order valence-electron chi connectivity index (χ1n) is 12.4. The van der Waals surface area contributed by atoms with Crippen LogP contribution in [0.5, 0.6) is 5.75 Å². The van der Waals surface area contributed by atoms with Crippen molar-refractivity contribution in [3.05, 3.63) is 94.1 Å². The summed E-state index contributed by atoms with van der Waals surface area (Å²) >= 11 is 1.37. The fraction of sp³-hybridized carbons (Fsp3) is 0.258. The third-order valence-corrected chi connectivity index (χ3v) is 7.91. The number of methoxy groups -OCH3 is 1. The molecule has 7 heteroatoms. The van der Waals surface area contributed by atoms with Crippen molar-refractivity contribution in [2.45, 2.75) is 46.1 Å². The lowest BCUT2D eigenvalue weighted by Crippen LogP contribution is -2.29. The number of nitrogens with zero attached hydrogens (tertiary/aromatic N) is 2. The van der Waals surface area contributed by atoms with Crippen molar-refractivity contribution in [2.24, 2.45) is 0 Å². The third kappa shape index (κ3) is 4.37. The van der Waals surface area contributed by atoms with Crippen molar-refractivity contribution in [1.29, 1.82) is 0 Å². The molecule has 1 saturated heterocycles. The summed E-state index contributed by atoms with van der Waals surface area (Å²) in [6, 6.07) is 17.9. The van der Waals surface area contributed by atoms with E-state index in [4.69, 9.17) is 9.72 Å². The van der Waals surface area contributed by atoms with E-state index in [1.165, 1.54) is 23.3 Å². The molecule has 1 N–H and O–H groups in total. The number of aryl methyl sites for hydroxylation is 2. The van der Waals surface area contributed by atoms with Gasteiger partial charge in [0.05, 0.1) is 28.9 Å². The maximum Gasteiger partial charge on any atom is 0.301 e. The topological polar surface area (TPSA) is 79.7 Å². The van der Waals surface area contributed by atoms with Crippen molar-refractivity contribution >= 4 is 44.1 Å². The molecule has 1 aliphatic rings. The zero-order valence-electron chi connectivity index (χ0n) is 22.3. The molecule has 2 heterocycles. The van der Waals surface area contributed by atoms with Gasteiger partial charge in [0.1, 0.15) is 11.5 Å². The van der Waals surface area contributed by atoms with Crippen LogP contribution in [0.1, 0.15) is 54.6 Å². The Morgan fingerprint density at radius 1 is 1.03 bits per heavy atom. The predicted molar refractivity (Wildman–Crippen MR) is 152 cm³/mol. The third-order valence-electron chi connectivity index (χ3n) is 6.90. The van der Waals surface area contributed by atoms with Crippen LogP contribution in [0.25, 0.3) is 16.0 Å². The molecule has 1 atom stereocenters. The summed E-state index contributed by atoms with van der Waals surface area (Å²) in [6.07, 6.45) is 0. The smallest absolute Gasteiger partial charge is 0.301 e. The van der Waals surface area contributed by atoms with E-state index in [1.807, 2.05) is 50.2 Å². The Balaban J connectivity index is 1.73. The molecule has 3 aromatic carbocycles. The van der Waals surface area contributed by atoms with Crippen LogP contribution in [-0.4, -0.2) is 28.9 Å². The first-order chi connectivity index (χ1) is 18.0. The van der Waals surface area contributed by atoms with E-state index < -0.39 is 17.7 Å². The number of hydrogen-bond donors (Lipinski definition) is 1. The van der Waals surface area contributed by atoms with Crippen molar-refractivity contribution in [2.75, 3.05) is 12.0 Å². The lowest BCUT2D eigenvalue weighted by molar-refractivity contribution is -0.132. The van der Waals surface area contributed by atoms with Crippen LogP contribution in [-0.2, 0) is 15.0 Å². The van der Waals surface area contributed by atoms with Gasteiger partial charge in [-0.25, -0.2) is 4.98 Å². The predicted octanol–water partition coefficient (Wildman–Crippen LogP) is 6.85. The quantitative estimate of drug-likeness (QED) is 0.179. The Morgan fingerprint density at radius 2 is 1.74 bits per heavy atom. The normalized spacial score (nSPS) is 17.4. The summed E-state index contributed by atoms with van der Waals surface area (Å²) in [5.41, 5.74) is 5.09. The van der Waals surface area contributed by atoms with Crippen LogP contribution in [0, 0.1) is 13.8 Å². The standard InChI is InChI=1S/C31H30N2O4S/c1-17-14-18(2)25-23(15-17)38-30(32-25)33-26(19-10-12-21(13-11-19)31(3,4)5)24(28(35)29(33)36)27(34)20-8-7-9-22(16-20)37-6/h7-16,26,34H,1-6H3. The summed E-state index contributed by atoms with van der Waals surface area (Å²) in [5, 5.41) is 11.9. The molecule has 5 rings (SSSR count).